The first-order valence-corrected chi connectivity index (χ1v) is 16.6. The lowest BCUT2D eigenvalue weighted by Gasteiger charge is -2.11. The van der Waals surface area contributed by atoms with Gasteiger partial charge in [-0.05, 0) is 65.4 Å². The third-order valence-electron chi connectivity index (χ3n) is 9.25. The van der Waals surface area contributed by atoms with Crippen LogP contribution in [0.4, 0.5) is 0 Å². The van der Waals surface area contributed by atoms with Crippen molar-refractivity contribution < 1.29 is 4.42 Å². The van der Waals surface area contributed by atoms with Crippen LogP contribution in [0, 0.1) is 0 Å². The molecule has 0 amide bonds. The number of rotatable bonds is 5. The normalized spacial score (nSPS) is 11.6. The van der Waals surface area contributed by atoms with Gasteiger partial charge in [-0.15, -0.1) is 0 Å². The van der Waals surface area contributed by atoms with Crippen molar-refractivity contribution >= 4 is 43.7 Å². The molecule has 0 aliphatic heterocycles. The fourth-order valence-corrected chi connectivity index (χ4v) is 6.83. The number of benzene rings is 7. The second-order valence-corrected chi connectivity index (χ2v) is 12.4. The van der Waals surface area contributed by atoms with Crippen LogP contribution in [0.25, 0.3) is 95.0 Å². The van der Waals surface area contributed by atoms with Crippen LogP contribution in [0.5, 0.6) is 0 Å². The molecule has 234 valence electrons. The van der Waals surface area contributed by atoms with E-state index in [4.69, 9.17) is 24.4 Å². The summed E-state index contributed by atoms with van der Waals surface area (Å²) in [4.78, 5) is 19.6. The Bertz CT molecular complexity index is 2780. The van der Waals surface area contributed by atoms with Crippen molar-refractivity contribution in [2.24, 2.45) is 0 Å². The predicted molar refractivity (Wildman–Crippen MR) is 201 cm³/mol. The summed E-state index contributed by atoms with van der Waals surface area (Å²) in [6.07, 6.45) is 0. The minimum Gasteiger partial charge on any atom is -0.436 e. The molecule has 10 aromatic rings. The Labute approximate surface area is 287 Å². The van der Waals surface area contributed by atoms with Crippen molar-refractivity contribution in [2.75, 3.05) is 0 Å². The Morgan fingerprint density at radius 2 is 1.02 bits per heavy atom. The molecule has 0 fully saturated rings. The minimum atomic E-state index is 0.618. The topological polar surface area (TPSA) is 69.6 Å². The minimum absolute atomic E-state index is 0.618. The lowest BCUT2D eigenvalue weighted by atomic mass is 10.1. The highest BCUT2D eigenvalue weighted by atomic mass is 16.3. The molecule has 6 heteroatoms. The van der Waals surface area contributed by atoms with Crippen LogP contribution in [0.1, 0.15) is 0 Å². The van der Waals surface area contributed by atoms with Gasteiger partial charge in [-0.3, -0.25) is 0 Å². The summed E-state index contributed by atoms with van der Waals surface area (Å²) in [6.45, 7) is 0. The molecule has 0 saturated carbocycles. The summed E-state index contributed by atoms with van der Waals surface area (Å²) in [5.74, 6) is 2.54. The van der Waals surface area contributed by atoms with Gasteiger partial charge in [0.15, 0.2) is 23.1 Å². The van der Waals surface area contributed by atoms with Crippen LogP contribution >= 0.6 is 0 Å². The van der Waals surface area contributed by atoms with Gasteiger partial charge in [0.25, 0.3) is 0 Å². The monoisotopic (exact) mass is 641 g/mol. The van der Waals surface area contributed by atoms with Crippen molar-refractivity contribution in [1.29, 1.82) is 0 Å². The largest absolute Gasteiger partial charge is 0.436 e. The summed E-state index contributed by atoms with van der Waals surface area (Å²) in [6, 6.07) is 56.0. The highest BCUT2D eigenvalue weighted by molar-refractivity contribution is 6.10. The van der Waals surface area contributed by atoms with Crippen LogP contribution in [-0.2, 0) is 0 Å². The zero-order valence-electron chi connectivity index (χ0n) is 26.7. The molecule has 0 spiro atoms. The molecular formula is C44H27N5O. The van der Waals surface area contributed by atoms with E-state index in [1.807, 2.05) is 84.9 Å². The average molecular weight is 642 g/mol. The molecule has 7 aromatic carbocycles. The summed E-state index contributed by atoms with van der Waals surface area (Å²) >= 11 is 0. The second-order valence-electron chi connectivity index (χ2n) is 12.4. The van der Waals surface area contributed by atoms with Crippen LogP contribution in [0.3, 0.4) is 0 Å². The van der Waals surface area contributed by atoms with Crippen molar-refractivity contribution in [1.82, 2.24) is 24.5 Å². The first-order valence-electron chi connectivity index (χ1n) is 16.6. The number of hydrogen-bond donors (Lipinski definition) is 0. The van der Waals surface area contributed by atoms with Gasteiger partial charge in [0.05, 0.1) is 11.0 Å². The molecule has 0 aliphatic carbocycles. The van der Waals surface area contributed by atoms with Gasteiger partial charge in [-0.2, -0.15) is 0 Å². The molecule has 50 heavy (non-hydrogen) atoms. The maximum Gasteiger partial charge on any atom is 0.227 e. The fraction of sp³-hybridized carbons (Fsp3) is 0. The Balaban J connectivity index is 1.11. The van der Waals surface area contributed by atoms with Gasteiger partial charge in [0, 0.05) is 38.7 Å². The maximum absolute atomic E-state index is 6.14. The van der Waals surface area contributed by atoms with Gasteiger partial charge in [0.2, 0.25) is 5.89 Å². The van der Waals surface area contributed by atoms with E-state index in [-0.39, 0.29) is 0 Å². The van der Waals surface area contributed by atoms with Gasteiger partial charge >= 0.3 is 0 Å². The molecule has 0 unspecified atom stereocenters. The summed E-state index contributed by atoms with van der Waals surface area (Å²) in [7, 11) is 0. The number of aromatic nitrogens is 5. The van der Waals surface area contributed by atoms with Crippen molar-refractivity contribution in [3.05, 3.63) is 164 Å². The van der Waals surface area contributed by atoms with Gasteiger partial charge in [0.1, 0.15) is 5.52 Å². The van der Waals surface area contributed by atoms with Crippen molar-refractivity contribution in [3.63, 3.8) is 0 Å². The SMILES string of the molecule is c1ccc(-c2nc(-c3ccccc3)nc(-c3ccc4ccc(-n5c6ccccc6c6cc(-c7nc8ccccc8o7)ccc65)cc4c3)n2)cc1. The number of oxazole rings is 1. The average Bonchev–Trinajstić information content (AvgIpc) is 3.77. The third kappa shape index (κ3) is 4.73. The molecule has 3 aromatic heterocycles. The lowest BCUT2D eigenvalue weighted by Crippen LogP contribution is -2.00. The number of fused-ring (bicyclic) bond motifs is 5. The zero-order valence-corrected chi connectivity index (χ0v) is 26.7. The second kappa shape index (κ2) is 11.4. The summed E-state index contributed by atoms with van der Waals surface area (Å²) < 4.78 is 8.47. The van der Waals surface area contributed by atoms with Gasteiger partial charge in [-0.25, -0.2) is 19.9 Å². The van der Waals surface area contributed by atoms with E-state index in [1.165, 1.54) is 5.39 Å². The standard InChI is InChI=1S/C44H27N5O/c1-3-11-29(12-4-1)41-46-42(30-13-5-2-6-14-30)48-43(47-41)31-20-19-28-21-23-34(26-33(28)25-31)49-38-17-9-7-15-35(38)36-27-32(22-24-39(36)49)44-45-37-16-8-10-18-40(37)50-44/h1-27H. The molecule has 0 radical (unpaired) electrons. The molecule has 0 saturated heterocycles. The van der Waals surface area contributed by atoms with Crippen molar-refractivity contribution in [3.8, 4) is 51.3 Å². The lowest BCUT2D eigenvalue weighted by molar-refractivity contribution is 0.620. The quantitative estimate of drug-likeness (QED) is 0.187. The molecule has 3 heterocycles. The Morgan fingerprint density at radius 3 is 1.78 bits per heavy atom. The van der Waals surface area contributed by atoms with E-state index in [9.17, 15) is 0 Å². The van der Waals surface area contributed by atoms with Crippen LogP contribution in [0.2, 0.25) is 0 Å². The van der Waals surface area contributed by atoms with Crippen LogP contribution in [0.15, 0.2) is 168 Å². The zero-order chi connectivity index (χ0) is 33.0. The van der Waals surface area contributed by atoms with Crippen LogP contribution in [-0.4, -0.2) is 24.5 Å². The first-order chi connectivity index (χ1) is 24.7. The number of nitrogens with zero attached hydrogens (tertiary/aromatic N) is 5. The Hall–Kier alpha value is -6.92. The molecule has 6 nitrogen and oxygen atoms in total. The number of hydrogen-bond acceptors (Lipinski definition) is 5. The van der Waals surface area contributed by atoms with Gasteiger partial charge in [-0.1, -0.05) is 109 Å². The third-order valence-corrected chi connectivity index (χ3v) is 9.25. The Kier molecular flexibility index (Phi) is 6.39. The van der Waals surface area contributed by atoms with E-state index < -0.39 is 0 Å². The predicted octanol–water partition coefficient (Wildman–Crippen LogP) is 10.9. The molecular weight excluding hydrogens is 615 g/mol. The fourth-order valence-electron chi connectivity index (χ4n) is 6.83. The maximum atomic E-state index is 6.14. The number of para-hydroxylation sites is 3. The van der Waals surface area contributed by atoms with E-state index >= 15 is 0 Å². The summed E-state index contributed by atoms with van der Waals surface area (Å²) in [5, 5.41) is 4.54. The van der Waals surface area contributed by atoms with Crippen molar-refractivity contribution in [2.45, 2.75) is 0 Å². The summed E-state index contributed by atoms with van der Waals surface area (Å²) in [5.41, 5.74) is 8.71. The highest BCUT2D eigenvalue weighted by Gasteiger charge is 2.17. The van der Waals surface area contributed by atoms with E-state index in [2.05, 4.69) is 83.4 Å². The van der Waals surface area contributed by atoms with E-state index in [0.717, 1.165) is 66.2 Å². The molecule has 0 aliphatic rings. The van der Waals surface area contributed by atoms with Crippen LogP contribution < -0.4 is 0 Å². The smallest absolute Gasteiger partial charge is 0.227 e. The van der Waals surface area contributed by atoms with E-state index in [1.54, 1.807) is 0 Å². The molecule has 0 N–H and O–H groups in total. The first kappa shape index (κ1) is 28.1. The highest BCUT2D eigenvalue weighted by Crippen LogP contribution is 2.36. The van der Waals surface area contributed by atoms with Gasteiger partial charge < -0.3 is 8.98 Å². The molecule has 10 rings (SSSR count). The molecule has 0 bridgehead atoms. The van der Waals surface area contributed by atoms with E-state index in [0.29, 0.717) is 23.4 Å². The molecule has 0 atom stereocenters. The Morgan fingerprint density at radius 1 is 0.400 bits per heavy atom.